The van der Waals surface area contributed by atoms with Gasteiger partial charge in [-0.3, -0.25) is 4.79 Å². The van der Waals surface area contributed by atoms with Crippen LogP contribution in [0.1, 0.15) is 28.9 Å². The Morgan fingerprint density at radius 3 is 3.00 bits per heavy atom. The molecule has 1 amide bonds. The van der Waals surface area contributed by atoms with Crippen LogP contribution in [0.15, 0.2) is 18.2 Å². The topological polar surface area (TPSA) is 52.5 Å². The van der Waals surface area contributed by atoms with E-state index in [-0.39, 0.29) is 5.91 Å². The molecule has 23 heavy (non-hydrogen) atoms. The van der Waals surface area contributed by atoms with Gasteiger partial charge in [-0.2, -0.15) is 0 Å². The largest absolute Gasteiger partial charge is 0.497 e. The fraction of sp³-hybridized carbons (Fsp3) is 0.500. The van der Waals surface area contributed by atoms with E-state index in [9.17, 15) is 4.79 Å². The predicted molar refractivity (Wildman–Crippen MR) is 90.1 cm³/mol. The lowest BCUT2D eigenvalue weighted by Gasteiger charge is -2.22. The standard InChI is InChI=1S/C18H24N2O3/c1-12-17(18(21)19-10-13-5-4-8-23-11-13)15-9-14(22-3)6-7-16(15)20(12)2/h6-7,9,13H,4-5,8,10-11H2,1-3H3,(H,19,21)/t13-/m0/s1. The minimum Gasteiger partial charge on any atom is -0.497 e. The van der Waals surface area contributed by atoms with Crippen LogP contribution in [0.25, 0.3) is 10.9 Å². The van der Waals surface area contributed by atoms with Crippen molar-refractivity contribution in [3.8, 4) is 5.75 Å². The van der Waals surface area contributed by atoms with Gasteiger partial charge >= 0.3 is 0 Å². The Balaban J connectivity index is 1.85. The minimum absolute atomic E-state index is 0.0214. The van der Waals surface area contributed by atoms with Crippen LogP contribution < -0.4 is 10.1 Å². The van der Waals surface area contributed by atoms with Crippen LogP contribution in [0.3, 0.4) is 0 Å². The maximum absolute atomic E-state index is 12.7. The average Bonchev–Trinajstić information content (AvgIpc) is 2.84. The van der Waals surface area contributed by atoms with E-state index in [4.69, 9.17) is 9.47 Å². The van der Waals surface area contributed by atoms with Crippen molar-refractivity contribution in [3.63, 3.8) is 0 Å². The number of methoxy groups -OCH3 is 1. The molecule has 0 unspecified atom stereocenters. The molecule has 1 fully saturated rings. The first-order valence-electron chi connectivity index (χ1n) is 8.10. The van der Waals surface area contributed by atoms with Crippen molar-refractivity contribution in [1.82, 2.24) is 9.88 Å². The molecule has 1 saturated heterocycles. The van der Waals surface area contributed by atoms with Crippen LogP contribution in [0.2, 0.25) is 0 Å². The summed E-state index contributed by atoms with van der Waals surface area (Å²) in [5, 5.41) is 4.01. The fourth-order valence-electron chi connectivity index (χ4n) is 3.26. The van der Waals surface area contributed by atoms with E-state index in [1.54, 1.807) is 7.11 Å². The Hall–Kier alpha value is -2.01. The summed E-state index contributed by atoms with van der Waals surface area (Å²) in [6, 6.07) is 5.84. The maximum Gasteiger partial charge on any atom is 0.253 e. The molecule has 5 heteroatoms. The number of aryl methyl sites for hydroxylation is 1. The van der Waals surface area contributed by atoms with Gasteiger partial charge in [0.15, 0.2) is 0 Å². The molecule has 0 radical (unpaired) electrons. The lowest BCUT2D eigenvalue weighted by Crippen LogP contribution is -2.33. The zero-order chi connectivity index (χ0) is 16.4. The molecular formula is C18H24N2O3. The molecule has 0 aliphatic carbocycles. The van der Waals surface area contributed by atoms with Crippen LogP contribution in [-0.2, 0) is 11.8 Å². The lowest BCUT2D eigenvalue weighted by atomic mass is 10.0. The summed E-state index contributed by atoms with van der Waals surface area (Å²) < 4.78 is 12.8. The van der Waals surface area contributed by atoms with Crippen molar-refractivity contribution in [3.05, 3.63) is 29.5 Å². The van der Waals surface area contributed by atoms with E-state index in [2.05, 4.69) is 5.32 Å². The Morgan fingerprint density at radius 2 is 2.30 bits per heavy atom. The first-order valence-corrected chi connectivity index (χ1v) is 8.10. The molecule has 1 aliphatic heterocycles. The Morgan fingerprint density at radius 1 is 1.48 bits per heavy atom. The van der Waals surface area contributed by atoms with Gasteiger partial charge in [0.25, 0.3) is 5.91 Å². The summed E-state index contributed by atoms with van der Waals surface area (Å²) in [5.74, 6) is 1.15. The van der Waals surface area contributed by atoms with Crippen molar-refractivity contribution in [2.45, 2.75) is 19.8 Å². The number of carbonyl (C=O) groups excluding carboxylic acids is 1. The Bertz CT molecular complexity index is 715. The van der Waals surface area contributed by atoms with E-state index in [1.165, 1.54) is 0 Å². The second-order valence-electron chi connectivity index (χ2n) is 6.20. The van der Waals surface area contributed by atoms with Gasteiger partial charge in [0.2, 0.25) is 0 Å². The highest BCUT2D eigenvalue weighted by Crippen LogP contribution is 2.28. The van der Waals surface area contributed by atoms with E-state index in [0.29, 0.717) is 12.5 Å². The highest BCUT2D eigenvalue weighted by atomic mass is 16.5. The van der Waals surface area contributed by atoms with E-state index >= 15 is 0 Å². The molecule has 1 aromatic heterocycles. The van der Waals surface area contributed by atoms with Gasteiger partial charge < -0.3 is 19.4 Å². The van der Waals surface area contributed by atoms with Gasteiger partial charge in [0.05, 0.1) is 19.3 Å². The molecule has 0 spiro atoms. The zero-order valence-electron chi connectivity index (χ0n) is 14.0. The predicted octanol–water partition coefficient (Wildman–Crippen LogP) is 2.65. The average molecular weight is 316 g/mol. The number of hydrogen-bond donors (Lipinski definition) is 1. The number of amides is 1. The number of ether oxygens (including phenoxy) is 2. The van der Waals surface area contributed by atoms with Crippen molar-refractivity contribution in [1.29, 1.82) is 0 Å². The zero-order valence-corrected chi connectivity index (χ0v) is 14.0. The molecule has 1 N–H and O–H groups in total. The molecule has 5 nitrogen and oxygen atoms in total. The van der Waals surface area contributed by atoms with Gasteiger partial charge in [0, 0.05) is 36.8 Å². The first kappa shape index (κ1) is 15.9. The second kappa shape index (κ2) is 6.62. The third-order valence-electron chi connectivity index (χ3n) is 4.73. The Kier molecular flexibility index (Phi) is 4.57. The van der Waals surface area contributed by atoms with Gasteiger partial charge in [-0.25, -0.2) is 0 Å². The van der Waals surface area contributed by atoms with Crippen molar-refractivity contribution in [2.24, 2.45) is 13.0 Å². The lowest BCUT2D eigenvalue weighted by molar-refractivity contribution is 0.0536. The van der Waals surface area contributed by atoms with E-state index in [0.717, 1.165) is 54.0 Å². The van der Waals surface area contributed by atoms with Gasteiger partial charge in [-0.1, -0.05) is 0 Å². The van der Waals surface area contributed by atoms with Gasteiger partial charge in [0.1, 0.15) is 5.75 Å². The van der Waals surface area contributed by atoms with Gasteiger partial charge in [-0.15, -0.1) is 0 Å². The second-order valence-corrected chi connectivity index (χ2v) is 6.20. The number of nitrogens with zero attached hydrogens (tertiary/aromatic N) is 1. The molecule has 1 atom stereocenters. The van der Waals surface area contributed by atoms with Crippen LogP contribution in [0.5, 0.6) is 5.75 Å². The summed E-state index contributed by atoms with van der Waals surface area (Å²) in [4.78, 5) is 12.7. The maximum atomic E-state index is 12.7. The van der Waals surface area contributed by atoms with Crippen LogP contribution in [-0.4, -0.2) is 37.3 Å². The summed E-state index contributed by atoms with van der Waals surface area (Å²) in [6.07, 6.45) is 2.19. The van der Waals surface area contributed by atoms with Crippen LogP contribution in [0, 0.1) is 12.8 Å². The summed E-state index contributed by atoms with van der Waals surface area (Å²) in [6.45, 7) is 4.22. The number of rotatable bonds is 4. The third kappa shape index (κ3) is 3.06. The van der Waals surface area contributed by atoms with Crippen molar-refractivity contribution >= 4 is 16.8 Å². The van der Waals surface area contributed by atoms with Crippen LogP contribution in [0.4, 0.5) is 0 Å². The number of hydrogen-bond acceptors (Lipinski definition) is 3. The van der Waals surface area contributed by atoms with Crippen molar-refractivity contribution in [2.75, 3.05) is 26.9 Å². The smallest absolute Gasteiger partial charge is 0.253 e. The van der Waals surface area contributed by atoms with Gasteiger partial charge in [-0.05, 0) is 43.9 Å². The monoisotopic (exact) mass is 316 g/mol. The number of fused-ring (bicyclic) bond motifs is 1. The normalized spacial score (nSPS) is 18.1. The molecule has 3 rings (SSSR count). The van der Waals surface area contributed by atoms with Crippen LogP contribution >= 0.6 is 0 Å². The molecule has 2 heterocycles. The molecule has 0 bridgehead atoms. The van der Waals surface area contributed by atoms with E-state index < -0.39 is 0 Å². The molecule has 124 valence electrons. The summed E-state index contributed by atoms with van der Waals surface area (Å²) in [5.41, 5.74) is 2.73. The number of aromatic nitrogens is 1. The fourth-order valence-corrected chi connectivity index (χ4v) is 3.26. The SMILES string of the molecule is COc1ccc2c(c1)c(C(=O)NC[C@@H]1CCCOC1)c(C)n2C. The highest BCUT2D eigenvalue weighted by Gasteiger charge is 2.21. The molecule has 2 aromatic rings. The van der Waals surface area contributed by atoms with Crippen molar-refractivity contribution < 1.29 is 14.3 Å². The minimum atomic E-state index is -0.0214. The number of nitrogens with one attached hydrogen (secondary N) is 1. The number of carbonyl (C=O) groups is 1. The first-order chi connectivity index (χ1) is 11.1. The quantitative estimate of drug-likeness (QED) is 0.943. The molecule has 1 aromatic carbocycles. The molecule has 0 saturated carbocycles. The molecule has 1 aliphatic rings. The summed E-state index contributed by atoms with van der Waals surface area (Å²) in [7, 11) is 3.62. The highest BCUT2D eigenvalue weighted by molar-refractivity contribution is 6.08. The third-order valence-corrected chi connectivity index (χ3v) is 4.73. The number of benzene rings is 1. The molecular weight excluding hydrogens is 292 g/mol. The van der Waals surface area contributed by atoms with E-state index in [1.807, 2.05) is 36.7 Å². The Labute approximate surface area is 136 Å². The summed E-state index contributed by atoms with van der Waals surface area (Å²) >= 11 is 0.